The number of hydrogen-bond donors (Lipinski definition) is 2. The second-order valence-electron chi connectivity index (χ2n) is 3.73. The molecule has 3 N–H and O–H groups in total. The zero-order chi connectivity index (χ0) is 13.1. The summed E-state index contributed by atoms with van der Waals surface area (Å²) in [5.41, 5.74) is 6.28. The Balaban J connectivity index is 2.21. The summed E-state index contributed by atoms with van der Waals surface area (Å²) in [6.45, 7) is 2.38. The largest absolute Gasteiger partial charge is 0.382 e. The van der Waals surface area contributed by atoms with Gasteiger partial charge in [-0.1, -0.05) is 6.07 Å². The second kappa shape index (κ2) is 4.87. The zero-order valence-electron chi connectivity index (χ0n) is 9.85. The molecule has 1 amide bonds. The highest BCUT2D eigenvalue weighted by molar-refractivity contribution is 6.03. The molecule has 94 valence electrons. The van der Waals surface area contributed by atoms with Gasteiger partial charge in [0.2, 0.25) is 0 Å². The summed E-state index contributed by atoms with van der Waals surface area (Å²) in [6.07, 6.45) is 0. The summed E-state index contributed by atoms with van der Waals surface area (Å²) in [7, 11) is 0. The van der Waals surface area contributed by atoms with Crippen LogP contribution in [-0.4, -0.2) is 15.7 Å². The first-order valence-electron chi connectivity index (χ1n) is 5.50. The Morgan fingerprint density at radius 1 is 1.50 bits per heavy atom. The van der Waals surface area contributed by atoms with Crippen molar-refractivity contribution in [3.05, 3.63) is 41.8 Å². The maximum absolute atomic E-state index is 13.0. The summed E-state index contributed by atoms with van der Waals surface area (Å²) in [5, 5.41) is 6.56. The van der Waals surface area contributed by atoms with Gasteiger partial charge in [-0.15, -0.1) is 0 Å². The lowest BCUT2D eigenvalue weighted by Gasteiger charge is -2.06. The molecule has 0 saturated carbocycles. The molecule has 1 aromatic carbocycles. The third-order valence-electron chi connectivity index (χ3n) is 2.41. The Bertz CT molecular complexity index is 579. The Labute approximate surface area is 103 Å². The van der Waals surface area contributed by atoms with Gasteiger partial charge in [0, 0.05) is 18.3 Å². The molecular formula is C12H13FN4O. The van der Waals surface area contributed by atoms with Crippen molar-refractivity contribution in [3.63, 3.8) is 0 Å². The molecule has 0 aliphatic rings. The van der Waals surface area contributed by atoms with Crippen LogP contribution in [0.5, 0.6) is 0 Å². The maximum atomic E-state index is 13.0. The van der Waals surface area contributed by atoms with E-state index in [1.54, 1.807) is 6.07 Å². The minimum absolute atomic E-state index is 0.279. The van der Waals surface area contributed by atoms with Gasteiger partial charge in [-0.2, -0.15) is 5.10 Å². The van der Waals surface area contributed by atoms with Gasteiger partial charge in [-0.3, -0.25) is 9.48 Å². The minimum atomic E-state index is -0.406. The molecule has 0 radical (unpaired) electrons. The SMILES string of the molecule is CCn1nc(N)cc1C(=O)Nc1cccc(F)c1. The molecular weight excluding hydrogens is 235 g/mol. The van der Waals surface area contributed by atoms with E-state index >= 15 is 0 Å². The second-order valence-corrected chi connectivity index (χ2v) is 3.73. The van der Waals surface area contributed by atoms with Gasteiger partial charge >= 0.3 is 0 Å². The van der Waals surface area contributed by atoms with Crippen LogP contribution < -0.4 is 11.1 Å². The Morgan fingerprint density at radius 2 is 2.28 bits per heavy atom. The molecule has 0 atom stereocenters. The smallest absolute Gasteiger partial charge is 0.274 e. The van der Waals surface area contributed by atoms with Gasteiger partial charge in [0.05, 0.1) is 0 Å². The monoisotopic (exact) mass is 248 g/mol. The minimum Gasteiger partial charge on any atom is -0.382 e. The molecule has 5 nitrogen and oxygen atoms in total. The number of nitrogens with two attached hydrogens (primary N) is 1. The van der Waals surface area contributed by atoms with Crippen LogP contribution in [0.15, 0.2) is 30.3 Å². The van der Waals surface area contributed by atoms with Crippen LogP contribution in [0.2, 0.25) is 0 Å². The first-order valence-corrected chi connectivity index (χ1v) is 5.50. The molecule has 0 bridgehead atoms. The van der Waals surface area contributed by atoms with Crippen LogP contribution in [0.4, 0.5) is 15.9 Å². The van der Waals surface area contributed by atoms with Gasteiger partial charge in [0.1, 0.15) is 17.3 Å². The fraction of sp³-hybridized carbons (Fsp3) is 0.167. The van der Waals surface area contributed by atoms with Crippen molar-refractivity contribution in [2.24, 2.45) is 0 Å². The van der Waals surface area contributed by atoms with E-state index in [1.807, 2.05) is 6.92 Å². The summed E-state index contributed by atoms with van der Waals surface area (Å²) >= 11 is 0. The van der Waals surface area contributed by atoms with Gasteiger partial charge in [0.25, 0.3) is 5.91 Å². The molecule has 0 aliphatic heterocycles. The fourth-order valence-corrected chi connectivity index (χ4v) is 1.62. The number of aryl methyl sites for hydroxylation is 1. The molecule has 0 spiro atoms. The first-order chi connectivity index (χ1) is 8.60. The normalized spacial score (nSPS) is 10.3. The number of nitrogens with zero attached hydrogens (tertiary/aromatic N) is 2. The molecule has 2 aromatic rings. The molecule has 2 rings (SSSR count). The van der Waals surface area contributed by atoms with Crippen molar-refractivity contribution in [2.75, 3.05) is 11.1 Å². The third kappa shape index (κ3) is 2.48. The van der Waals surface area contributed by atoms with Crippen molar-refractivity contribution >= 4 is 17.4 Å². The standard InChI is InChI=1S/C12H13FN4O/c1-2-17-10(7-11(14)16-17)12(18)15-9-5-3-4-8(13)6-9/h3-7H,2H2,1H3,(H2,14,16)(H,15,18). The average molecular weight is 248 g/mol. The third-order valence-corrected chi connectivity index (χ3v) is 2.41. The maximum Gasteiger partial charge on any atom is 0.274 e. The molecule has 18 heavy (non-hydrogen) atoms. The van der Waals surface area contributed by atoms with E-state index in [0.717, 1.165) is 0 Å². The number of nitrogen functional groups attached to an aromatic ring is 1. The van der Waals surface area contributed by atoms with Crippen LogP contribution in [0, 0.1) is 5.82 Å². The number of anilines is 2. The zero-order valence-corrected chi connectivity index (χ0v) is 9.85. The van der Waals surface area contributed by atoms with Gasteiger partial charge in [-0.25, -0.2) is 4.39 Å². The number of hydrogen-bond acceptors (Lipinski definition) is 3. The van der Waals surface area contributed by atoms with E-state index in [9.17, 15) is 9.18 Å². The van der Waals surface area contributed by atoms with E-state index in [4.69, 9.17) is 5.73 Å². The van der Waals surface area contributed by atoms with Crippen LogP contribution in [0.3, 0.4) is 0 Å². The lowest BCUT2D eigenvalue weighted by molar-refractivity contribution is 0.101. The highest BCUT2D eigenvalue weighted by Crippen LogP contribution is 2.12. The van der Waals surface area contributed by atoms with Gasteiger partial charge < -0.3 is 11.1 Å². The molecule has 1 heterocycles. The van der Waals surface area contributed by atoms with E-state index in [0.29, 0.717) is 17.9 Å². The van der Waals surface area contributed by atoms with Crippen molar-refractivity contribution in [2.45, 2.75) is 13.5 Å². The lowest BCUT2D eigenvalue weighted by Crippen LogP contribution is -2.17. The van der Waals surface area contributed by atoms with Crippen molar-refractivity contribution in [1.29, 1.82) is 0 Å². The van der Waals surface area contributed by atoms with Crippen LogP contribution in [-0.2, 0) is 6.54 Å². The summed E-state index contributed by atoms with van der Waals surface area (Å²) in [5.74, 6) is -0.496. The van der Waals surface area contributed by atoms with Crippen molar-refractivity contribution in [1.82, 2.24) is 9.78 Å². The number of benzene rings is 1. The van der Waals surface area contributed by atoms with E-state index in [-0.39, 0.29) is 11.7 Å². The number of aromatic nitrogens is 2. The topological polar surface area (TPSA) is 72.9 Å². The molecule has 0 saturated heterocycles. The Hall–Kier alpha value is -2.37. The number of nitrogens with one attached hydrogen (secondary N) is 1. The highest BCUT2D eigenvalue weighted by Gasteiger charge is 2.13. The van der Waals surface area contributed by atoms with Crippen LogP contribution in [0.25, 0.3) is 0 Å². The predicted octanol–water partition coefficient (Wildman–Crippen LogP) is 1.88. The Morgan fingerprint density at radius 3 is 2.94 bits per heavy atom. The highest BCUT2D eigenvalue weighted by atomic mass is 19.1. The summed E-state index contributed by atoms with van der Waals surface area (Å²) in [6, 6.07) is 7.17. The first kappa shape index (κ1) is 12.1. The van der Waals surface area contributed by atoms with Crippen LogP contribution in [0.1, 0.15) is 17.4 Å². The van der Waals surface area contributed by atoms with Crippen LogP contribution >= 0.6 is 0 Å². The van der Waals surface area contributed by atoms with E-state index in [1.165, 1.54) is 28.9 Å². The molecule has 6 heteroatoms. The van der Waals surface area contributed by atoms with Gasteiger partial charge in [-0.05, 0) is 25.1 Å². The number of rotatable bonds is 3. The van der Waals surface area contributed by atoms with Gasteiger partial charge in [0.15, 0.2) is 0 Å². The molecule has 0 aliphatic carbocycles. The predicted molar refractivity (Wildman–Crippen MR) is 66.7 cm³/mol. The molecule has 0 unspecified atom stereocenters. The number of carbonyl (C=O) groups excluding carboxylic acids is 1. The number of carbonyl (C=O) groups is 1. The summed E-state index contributed by atoms with van der Waals surface area (Å²) < 4.78 is 14.5. The fourth-order valence-electron chi connectivity index (χ4n) is 1.62. The molecule has 0 fully saturated rings. The quantitative estimate of drug-likeness (QED) is 0.871. The van der Waals surface area contributed by atoms with E-state index in [2.05, 4.69) is 10.4 Å². The lowest BCUT2D eigenvalue weighted by atomic mass is 10.3. The Kier molecular flexibility index (Phi) is 3.27. The summed E-state index contributed by atoms with van der Waals surface area (Å²) in [4.78, 5) is 12.0. The molecule has 1 aromatic heterocycles. The van der Waals surface area contributed by atoms with E-state index < -0.39 is 5.82 Å². The number of halogens is 1. The van der Waals surface area contributed by atoms with Crippen molar-refractivity contribution < 1.29 is 9.18 Å². The average Bonchev–Trinajstić information content (AvgIpc) is 2.70. The van der Waals surface area contributed by atoms with Crippen molar-refractivity contribution in [3.8, 4) is 0 Å². The number of amides is 1.